The number of primary amides is 1. The van der Waals surface area contributed by atoms with Gasteiger partial charge in [0.1, 0.15) is 5.82 Å². The van der Waals surface area contributed by atoms with Crippen molar-refractivity contribution in [1.82, 2.24) is 20.6 Å². The molecule has 2 heterocycles. The van der Waals surface area contributed by atoms with Gasteiger partial charge < -0.3 is 21.7 Å². The number of amides is 2. The molecule has 0 fully saturated rings. The Morgan fingerprint density at radius 2 is 1.76 bits per heavy atom. The van der Waals surface area contributed by atoms with Crippen molar-refractivity contribution in [2.75, 3.05) is 25.0 Å². The maximum Gasteiger partial charge on any atom is 0.248 e. The molecular weight excluding hydrogens is 526 g/mol. The number of anilines is 1. The van der Waals surface area contributed by atoms with E-state index >= 15 is 0 Å². The highest BCUT2D eigenvalue weighted by atomic mass is 16.1. The molecular formula is C33H31N7O2. The number of fused-ring (bicyclic) bond motifs is 3. The summed E-state index contributed by atoms with van der Waals surface area (Å²) >= 11 is 0. The first-order valence-corrected chi connectivity index (χ1v) is 13.8. The number of nitrogens with zero attached hydrogens (tertiary/aromatic N) is 3. The standard InChI is InChI=1S/C33H31N7O2/c34-19-25-17-22(7-9-26(25)23-5-2-1-3-6-23)20-36-16-12-31(41)38-13-4-14-39-33-28-11-15-37-21-29(28)27-10-8-24(32(35)42)18-30(27)40-33/h1-3,5-11,15,17-18,21,36H,4,12-14,16,20H2,(H2,35,42)(H,38,41)(H,39,40). The van der Waals surface area contributed by atoms with Crippen LogP contribution in [0, 0.1) is 11.3 Å². The molecule has 0 saturated heterocycles. The van der Waals surface area contributed by atoms with E-state index in [1.54, 1.807) is 24.5 Å². The zero-order valence-corrected chi connectivity index (χ0v) is 23.1. The van der Waals surface area contributed by atoms with E-state index in [0.717, 1.165) is 32.8 Å². The van der Waals surface area contributed by atoms with Gasteiger partial charge in [0.15, 0.2) is 0 Å². The number of nitrogens with two attached hydrogens (primary N) is 1. The first-order valence-electron chi connectivity index (χ1n) is 13.8. The lowest BCUT2D eigenvalue weighted by molar-refractivity contribution is -0.121. The molecule has 9 nitrogen and oxygen atoms in total. The van der Waals surface area contributed by atoms with Crippen molar-refractivity contribution in [3.63, 3.8) is 0 Å². The number of pyridine rings is 2. The molecule has 5 N–H and O–H groups in total. The van der Waals surface area contributed by atoms with Crippen molar-refractivity contribution in [3.05, 3.63) is 102 Å². The smallest absolute Gasteiger partial charge is 0.248 e. The minimum atomic E-state index is -0.504. The quantitative estimate of drug-likeness (QED) is 0.130. The third kappa shape index (κ3) is 6.69. The molecule has 42 heavy (non-hydrogen) atoms. The summed E-state index contributed by atoms with van der Waals surface area (Å²) in [5.74, 6) is 0.156. The van der Waals surface area contributed by atoms with Gasteiger partial charge in [-0.15, -0.1) is 0 Å². The van der Waals surface area contributed by atoms with Crippen LogP contribution < -0.4 is 21.7 Å². The van der Waals surface area contributed by atoms with Gasteiger partial charge in [-0.25, -0.2) is 4.98 Å². The van der Waals surface area contributed by atoms with Crippen LogP contribution in [0.15, 0.2) is 85.2 Å². The Labute approximate surface area is 243 Å². The number of rotatable bonds is 12. The molecule has 0 unspecified atom stereocenters. The number of nitriles is 1. The Balaban J connectivity index is 1.06. The van der Waals surface area contributed by atoms with Gasteiger partial charge in [0.2, 0.25) is 11.8 Å². The maximum absolute atomic E-state index is 12.3. The predicted octanol–water partition coefficient (Wildman–Crippen LogP) is 4.52. The highest BCUT2D eigenvalue weighted by Gasteiger charge is 2.11. The molecule has 0 aliphatic rings. The van der Waals surface area contributed by atoms with Crippen molar-refractivity contribution >= 4 is 39.3 Å². The van der Waals surface area contributed by atoms with Crippen LogP contribution in [0.4, 0.5) is 5.82 Å². The zero-order chi connectivity index (χ0) is 29.3. The van der Waals surface area contributed by atoms with Crippen molar-refractivity contribution in [2.45, 2.75) is 19.4 Å². The van der Waals surface area contributed by atoms with Gasteiger partial charge >= 0.3 is 0 Å². The number of aromatic nitrogens is 2. The lowest BCUT2D eigenvalue weighted by atomic mass is 9.98. The van der Waals surface area contributed by atoms with Crippen molar-refractivity contribution in [3.8, 4) is 17.2 Å². The fraction of sp³-hybridized carbons (Fsp3) is 0.182. The molecule has 0 aliphatic carbocycles. The molecule has 2 aromatic heterocycles. The number of benzene rings is 3. The van der Waals surface area contributed by atoms with Crippen LogP contribution in [-0.4, -0.2) is 41.4 Å². The van der Waals surface area contributed by atoms with E-state index in [1.807, 2.05) is 60.7 Å². The topological polar surface area (TPSA) is 146 Å². The summed E-state index contributed by atoms with van der Waals surface area (Å²) in [4.78, 5) is 32.9. The van der Waals surface area contributed by atoms with Gasteiger partial charge in [-0.3, -0.25) is 14.6 Å². The third-order valence-corrected chi connectivity index (χ3v) is 7.00. The number of hydrogen-bond acceptors (Lipinski definition) is 7. The summed E-state index contributed by atoms with van der Waals surface area (Å²) in [5.41, 5.74) is 10.1. The lowest BCUT2D eigenvalue weighted by Gasteiger charge is -2.12. The van der Waals surface area contributed by atoms with Crippen LogP contribution in [-0.2, 0) is 11.3 Å². The lowest BCUT2D eigenvalue weighted by Crippen LogP contribution is -2.29. The summed E-state index contributed by atoms with van der Waals surface area (Å²) in [5, 5.41) is 21.9. The minimum absolute atomic E-state index is 0.0287. The largest absolute Gasteiger partial charge is 0.369 e. The van der Waals surface area contributed by atoms with Gasteiger partial charge in [-0.1, -0.05) is 48.5 Å². The molecule has 0 radical (unpaired) electrons. The van der Waals surface area contributed by atoms with Gasteiger partial charge in [0.25, 0.3) is 0 Å². The molecule has 5 aromatic rings. The highest BCUT2D eigenvalue weighted by molar-refractivity contribution is 6.11. The molecule has 0 saturated carbocycles. The highest BCUT2D eigenvalue weighted by Crippen LogP contribution is 2.29. The molecule has 0 bridgehead atoms. The molecule has 2 amide bonds. The molecule has 9 heteroatoms. The second-order valence-corrected chi connectivity index (χ2v) is 9.89. The summed E-state index contributed by atoms with van der Waals surface area (Å²) in [7, 11) is 0. The monoisotopic (exact) mass is 557 g/mol. The minimum Gasteiger partial charge on any atom is -0.369 e. The Hall–Kier alpha value is -5.33. The average molecular weight is 558 g/mol. The van der Waals surface area contributed by atoms with Gasteiger partial charge in [-0.2, -0.15) is 5.26 Å². The Morgan fingerprint density at radius 1 is 0.905 bits per heavy atom. The normalized spacial score (nSPS) is 10.8. The fourth-order valence-corrected chi connectivity index (χ4v) is 4.85. The molecule has 0 aliphatic heterocycles. The van der Waals surface area contributed by atoms with Crippen molar-refractivity contribution < 1.29 is 9.59 Å². The summed E-state index contributed by atoms with van der Waals surface area (Å²) < 4.78 is 0. The second-order valence-electron chi connectivity index (χ2n) is 9.89. The SMILES string of the molecule is N#Cc1cc(CNCCC(=O)NCCCNc2nc3cc(C(N)=O)ccc3c3cnccc23)ccc1-c1ccccc1. The maximum atomic E-state index is 12.3. The fourth-order valence-electron chi connectivity index (χ4n) is 4.85. The van der Waals surface area contributed by atoms with Crippen molar-refractivity contribution in [2.24, 2.45) is 5.73 Å². The van der Waals surface area contributed by atoms with E-state index in [1.165, 1.54) is 0 Å². The number of nitrogens with one attached hydrogen (secondary N) is 3. The van der Waals surface area contributed by atoms with Crippen LogP contribution in [0.2, 0.25) is 0 Å². The zero-order valence-electron chi connectivity index (χ0n) is 23.1. The molecule has 3 aromatic carbocycles. The van der Waals surface area contributed by atoms with Crippen LogP contribution in [0.3, 0.4) is 0 Å². The first-order chi connectivity index (χ1) is 20.5. The number of carbonyl (C=O) groups is 2. The predicted molar refractivity (Wildman–Crippen MR) is 165 cm³/mol. The number of carbonyl (C=O) groups excluding carboxylic acids is 2. The summed E-state index contributed by atoms with van der Waals surface area (Å²) in [6, 6.07) is 25.1. The Bertz CT molecular complexity index is 1780. The van der Waals surface area contributed by atoms with Gasteiger partial charge in [0.05, 0.1) is 17.1 Å². The Morgan fingerprint density at radius 3 is 2.57 bits per heavy atom. The summed E-state index contributed by atoms with van der Waals surface area (Å²) in [6.07, 6.45) is 4.56. The van der Waals surface area contributed by atoms with E-state index in [2.05, 4.69) is 27.0 Å². The van der Waals surface area contributed by atoms with Crippen LogP contribution in [0.25, 0.3) is 32.8 Å². The van der Waals surface area contributed by atoms with Crippen molar-refractivity contribution in [1.29, 1.82) is 5.26 Å². The molecule has 0 atom stereocenters. The average Bonchev–Trinajstić information content (AvgIpc) is 3.03. The summed E-state index contributed by atoms with van der Waals surface area (Å²) in [6.45, 7) is 2.23. The molecule has 5 rings (SSSR count). The third-order valence-electron chi connectivity index (χ3n) is 7.00. The van der Waals surface area contributed by atoms with Crippen LogP contribution in [0.5, 0.6) is 0 Å². The van der Waals surface area contributed by atoms with Gasteiger partial charge in [0, 0.05) is 66.7 Å². The van der Waals surface area contributed by atoms with Gasteiger partial charge in [-0.05, 0) is 47.4 Å². The van der Waals surface area contributed by atoms with E-state index in [9.17, 15) is 14.9 Å². The van der Waals surface area contributed by atoms with Crippen LogP contribution in [0.1, 0.15) is 34.3 Å². The van der Waals surface area contributed by atoms with E-state index < -0.39 is 5.91 Å². The van der Waals surface area contributed by atoms with E-state index in [4.69, 9.17) is 10.7 Å². The number of hydrogen-bond donors (Lipinski definition) is 4. The Kier molecular flexibility index (Phi) is 8.97. The molecule has 210 valence electrons. The van der Waals surface area contributed by atoms with Crippen LogP contribution >= 0.6 is 0 Å². The van der Waals surface area contributed by atoms with E-state index in [0.29, 0.717) is 61.5 Å². The first kappa shape index (κ1) is 28.2. The second kappa shape index (κ2) is 13.4. The van der Waals surface area contributed by atoms with E-state index in [-0.39, 0.29) is 5.91 Å². The molecule has 0 spiro atoms.